The van der Waals surface area contributed by atoms with Crippen LogP contribution < -0.4 is 5.32 Å². The molecule has 1 heterocycles. The molecule has 0 spiro atoms. The lowest BCUT2D eigenvalue weighted by Gasteiger charge is -2.19. The predicted octanol–water partition coefficient (Wildman–Crippen LogP) is 2.75. The van der Waals surface area contributed by atoms with Crippen molar-refractivity contribution in [1.29, 1.82) is 0 Å². The van der Waals surface area contributed by atoms with Crippen LogP contribution in [0, 0.1) is 0 Å². The Morgan fingerprint density at radius 3 is 2.53 bits per heavy atom. The first-order valence-electron chi connectivity index (χ1n) is 4.62. The minimum Gasteiger partial charge on any atom is -0.444 e. The smallest absolute Gasteiger partial charge is 0.412 e. The van der Waals surface area contributed by atoms with Crippen LogP contribution in [0.5, 0.6) is 0 Å². The van der Waals surface area contributed by atoms with Gasteiger partial charge in [-0.25, -0.2) is 4.79 Å². The quantitative estimate of drug-likeness (QED) is 0.846. The second-order valence-electron chi connectivity index (χ2n) is 4.19. The van der Waals surface area contributed by atoms with Gasteiger partial charge in [0.05, 0.1) is 5.69 Å². The molecular formula is C9H12FNO4S2. The topological polar surface area (TPSA) is 72.5 Å². The van der Waals surface area contributed by atoms with Gasteiger partial charge < -0.3 is 4.74 Å². The highest BCUT2D eigenvalue weighted by atomic mass is 32.3. The molecular weight excluding hydrogens is 269 g/mol. The second-order valence-corrected chi connectivity index (χ2v) is 6.64. The third-order valence-electron chi connectivity index (χ3n) is 1.49. The van der Waals surface area contributed by atoms with E-state index in [2.05, 4.69) is 5.32 Å². The summed E-state index contributed by atoms with van der Waals surface area (Å²) < 4.78 is 38.6. The Hall–Kier alpha value is -1.15. The minimum absolute atomic E-state index is 0.119. The van der Waals surface area contributed by atoms with Gasteiger partial charge in [0, 0.05) is 0 Å². The molecule has 1 aromatic rings. The molecule has 0 saturated carbocycles. The van der Waals surface area contributed by atoms with Gasteiger partial charge in [-0.15, -0.1) is 11.3 Å². The summed E-state index contributed by atoms with van der Waals surface area (Å²) in [5.41, 5.74) is -0.832. The molecule has 8 heteroatoms. The van der Waals surface area contributed by atoms with Gasteiger partial charge in [-0.1, -0.05) is 3.89 Å². The maximum absolute atomic E-state index is 12.8. The molecule has 0 aliphatic rings. The number of carbonyl (C=O) groups is 1. The molecule has 1 aromatic heterocycles. The summed E-state index contributed by atoms with van der Waals surface area (Å²) in [5.74, 6) is 0. The van der Waals surface area contributed by atoms with Crippen molar-refractivity contribution in [2.24, 2.45) is 0 Å². The Labute approximate surface area is 103 Å². The molecule has 1 rings (SSSR count). The second kappa shape index (κ2) is 4.61. The number of halogens is 1. The highest BCUT2D eigenvalue weighted by Crippen LogP contribution is 2.29. The number of rotatable bonds is 2. The molecule has 0 fully saturated rings. The van der Waals surface area contributed by atoms with Crippen molar-refractivity contribution in [3.05, 3.63) is 11.4 Å². The van der Waals surface area contributed by atoms with E-state index in [0.29, 0.717) is 11.3 Å². The van der Waals surface area contributed by atoms with Crippen LogP contribution in [0.3, 0.4) is 0 Å². The van der Waals surface area contributed by atoms with Crippen LogP contribution in [0.2, 0.25) is 0 Å². The maximum Gasteiger partial charge on any atom is 0.412 e. The zero-order chi connectivity index (χ0) is 13.3. The van der Waals surface area contributed by atoms with Crippen molar-refractivity contribution in [2.75, 3.05) is 5.32 Å². The number of hydrogen-bond donors (Lipinski definition) is 1. The molecule has 0 saturated heterocycles. The van der Waals surface area contributed by atoms with Crippen molar-refractivity contribution in [3.63, 3.8) is 0 Å². The lowest BCUT2D eigenvalue weighted by Crippen LogP contribution is -2.27. The van der Waals surface area contributed by atoms with Crippen molar-refractivity contribution >= 4 is 33.3 Å². The molecule has 17 heavy (non-hydrogen) atoms. The van der Waals surface area contributed by atoms with E-state index in [9.17, 15) is 17.1 Å². The monoisotopic (exact) mass is 281 g/mol. The van der Waals surface area contributed by atoms with Crippen LogP contribution in [-0.2, 0) is 15.0 Å². The largest absolute Gasteiger partial charge is 0.444 e. The lowest BCUT2D eigenvalue weighted by molar-refractivity contribution is 0.0635. The van der Waals surface area contributed by atoms with Crippen LogP contribution in [0.25, 0.3) is 0 Å². The maximum atomic E-state index is 12.8. The van der Waals surface area contributed by atoms with Crippen LogP contribution in [-0.4, -0.2) is 20.1 Å². The Morgan fingerprint density at radius 1 is 1.47 bits per heavy atom. The van der Waals surface area contributed by atoms with Crippen molar-refractivity contribution in [3.8, 4) is 0 Å². The Balaban J connectivity index is 2.84. The van der Waals surface area contributed by atoms with Crippen LogP contribution in [0.4, 0.5) is 14.4 Å². The fraction of sp³-hybridized carbons (Fsp3) is 0.444. The van der Waals surface area contributed by atoms with E-state index in [0.717, 1.165) is 0 Å². The van der Waals surface area contributed by atoms with Gasteiger partial charge in [0.15, 0.2) is 4.21 Å². The number of ether oxygens (including phenoxy) is 1. The Kier molecular flexibility index (Phi) is 3.78. The Morgan fingerprint density at radius 2 is 2.06 bits per heavy atom. The highest BCUT2D eigenvalue weighted by Gasteiger charge is 2.22. The van der Waals surface area contributed by atoms with Crippen LogP contribution >= 0.6 is 11.3 Å². The lowest BCUT2D eigenvalue weighted by atomic mass is 10.2. The van der Waals surface area contributed by atoms with E-state index in [4.69, 9.17) is 4.74 Å². The highest BCUT2D eigenvalue weighted by molar-refractivity contribution is 7.88. The predicted molar refractivity (Wildman–Crippen MR) is 62.5 cm³/mol. The zero-order valence-electron chi connectivity index (χ0n) is 9.48. The summed E-state index contributed by atoms with van der Waals surface area (Å²) >= 11 is 0.683. The van der Waals surface area contributed by atoms with Gasteiger partial charge in [-0.2, -0.15) is 8.42 Å². The summed E-state index contributed by atoms with van der Waals surface area (Å²) in [4.78, 5) is 11.4. The summed E-state index contributed by atoms with van der Waals surface area (Å²) in [6, 6.07) is 1.29. The molecule has 0 atom stereocenters. The third-order valence-corrected chi connectivity index (χ3v) is 3.74. The molecule has 5 nitrogen and oxygen atoms in total. The summed E-state index contributed by atoms with van der Waals surface area (Å²) in [6.45, 7) is 4.98. The van der Waals surface area contributed by atoms with Crippen LogP contribution in [0.15, 0.2) is 15.7 Å². The SMILES string of the molecule is CC(C)(C)OC(=O)Nc1ccsc1S(=O)(=O)F. The van der Waals surface area contributed by atoms with Crippen molar-refractivity contribution in [1.82, 2.24) is 0 Å². The molecule has 0 aliphatic carbocycles. The van der Waals surface area contributed by atoms with Crippen molar-refractivity contribution in [2.45, 2.75) is 30.6 Å². The first-order valence-corrected chi connectivity index (χ1v) is 6.88. The van der Waals surface area contributed by atoms with E-state index >= 15 is 0 Å². The van der Waals surface area contributed by atoms with E-state index in [1.807, 2.05) is 0 Å². The van der Waals surface area contributed by atoms with Crippen LogP contribution in [0.1, 0.15) is 20.8 Å². The number of amides is 1. The van der Waals surface area contributed by atoms with Gasteiger partial charge in [0.1, 0.15) is 5.60 Å². The van der Waals surface area contributed by atoms with E-state index in [1.54, 1.807) is 20.8 Å². The molecule has 0 radical (unpaired) electrons. The van der Waals surface area contributed by atoms with Gasteiger partial charge in [-0.3, -0.25) is 5.32 Å². The Bertz CT molecular complexity index is 515. The molecule has 1 amide bonds. The average Bonchev–Trinajstić information content (AvgIpc) is 2.46. The van der Waals surface area contributed by atoms with E-state index in [1.165, 1.54) is 11.4 Å². The number of carbonyl (C=O) groups excluding carboxylic acids is 1. The molecule has 96 valence electrons. The van der Waals surface area contributed by atoms with Gasteiger partial charge in [-0.05, 0) is 32.2 Å². The van der Waals surface area contributed by atoms with Gasteiger partial charge >= 0.3 is 16.3 Å². The molecule has 0 unspecified atom stereocenters. The first-order chi connectivity index (χ1) is 7.59. The summed E-state index contributed by atoms with van der Waals surface area (Å²) in [7, 11) is -4.83. The van der Waals surface area contributed by atoms with E-state index < -0.39 is 26.1 Å². The molecule has 0 aliphatic heterocycles. The zero-order valence-corrected chi connectivity index (χ0v) is 11.1. The first kappa shape index (κ1) is 13.9. The number of hydrogen-bond acceptors (Lipinski definition) is 5. The van der Waals surface area contributed by atoms with E-state index in [-0.39, 0.29) is 5.69 Å². The van der Waals surface area contributed by atoms with Crippen molar-refractivity contribution < 1.29 is 21.8 Å². The van der Waals surface area contributed by atoms with Gasteiger partial charge in [0.25, 0.3) is 0 Å². The molecule has 0 aromatic carbocycles. The fourth-order valence-electron chi connectivity index (χ4n) is 0.990. The average molecular weight is 281 g/mol. The molecule has 0 bridgehead atoms. The number of anilines is 1. The minimum atomic E-state index is -4.83. The summed E-state index contributed by atoms with van der Waals surface area (Å²) in [6.07, 6.45) is -0.833. The van der Waals surface area contributed by atoms with Gasteiger partial charge in [0.2, 0.25) is 0 Å². The fourth-order valence-corrected chi connectivity index (χ4v) is 2.57. The third kappa shape index (κ3) is 4.31. The standard InChI is InChI=1S/C9H12FNO4S2/c1-9(2,3)15-8(12)11-6-4-5-16-7(6)17(10,13)14/h4-5H,1-3H3,(H,11,12). The summed E-state index contributed by atoms with van der Waals surface area (Å²) in [5, 5.41) is 3.54. The molecule has 1 N–H and O–H groups in total. The number of thiophene rings is 1. The normalized spacial score (nSPS) is 12.2. The number of nitrogens with one attached hydrogen (secondary N) is 1.